The van der Waals surface area contributed by atoms with E-state index in [1.165, 1.54) is 7.11 Å². The minimum Gasteiger partial charge on any atom is -0.496 e. The van der Waals surface area contributed by atoms with E-state index in [0.29, 0.717) is 53.1 Å². The lowest BCUT2D eigenvalue weighted by atomic mass is 10.0. The van der Waals surface area contributed by atoms with Gasteiger partial charge < -0.3 is 30.2 Å². The summed E-state index contributed by atoms with van der Waals surface area (Å²) in [6.07, 6.45) is 1.57. The number of amides is 3. The van der Waals surface area contributed by atoms with Crippen molar-refractivity contribution in [3.8, 4) is 23.0 Å². The summed E-state index contributed by atoms with van der Waals surface area (Å²) in [6.45, 7) is 10.3. The summed E-state index contributed by atoms with van der Waals surface area (Å²) >= 11 is 0. The van der Waals surface area contributed by atoms with Gasteiger partial charge in [0.1, 0.15) is 17.5 Å². The molecular formula is C31H44N4O6. The zero-order valence-electron chi connectivity index (χ0n) is 25.0. The van der Waals surface area contributed by atoms with Crippen LogP contribution in [0.4, 0.5) is 0 Å². The molecule has 3 N–H and O–H groups in total. The molecule has 1 atom stereocenters. The van der Waals surface area contributed by atoms with Gasteiger partial charge in [0.2, 0.25) is 11.8 Å². The molecule has 41 heavy (non-hydrogen) atoms. The third-order valence-electron chi connectivity index (χ3n) is 6.84. The smallest absolute Gasteiger partial charge is 0.251 e. The van der Waals surface area contributed by atoms with Gasteiger partial charge in [0.05, 0.1) is 32.9 Å². The van der Waals surface area contributed by atoms with Gasteiger partial charge in [0.15, 0.2) is 11.5 Å². The van der Waals surface area contributed by atoms with Gasteiger partial charge in [-0.05, 0) is 61.6 Å². The first-order chi connectivity index (χ1) is 19.6. The summed E-state index contributed by atoms with van der Waals surface area (Å²) in [5.74, 6) is 1.29. The third-order valence-corrected chi connectivity index (χ3v) is 6.84. The predicted molar refractivity (Wildman–Crippen MR) is 158 cm³/mol. The summed E-state index contributed by atoms with van der Waals surface area (Å²) < 4.78 is 17.3. The number of ether oxygens (including phenoxy) is 3. The highest BCUT2D eigenvalue weighted by Gasteiger charge is 2.26. The van der Waals surface area contributed by atoms with Crippen molar-refractivity contribution in [3.05, 3.63) is 47.5 Å². The Kier molecular flexibility index (Phi) is 11.8. The number of rotatable bonds is 5. The van der Waals surface area contributed by atoms with Crippen LogP contribution in [0.25, 0.3) is 0 Å². The summed E-state index contributed by atoms with van der Waals surface area (Å²) in [5.41, 5.74) is 1.04. The number of methoxy groups -OCH3 is 2. The van der Waals surface area contributed by atoms with Crippen LogP contribution in [0.2, 0.25) is 0 Å². The van der Waals surface area contributed by atoms with Crippen LogP contribution in [-0.4, -0.2) is 69.1 Å². The van der Waals surface area contributed by atoms with Crippen molar-refractivity contribution in [1.29, 1.82) is 0 Å². The highest BCUT2D eigenvalue weighted by atomic mass is 16.5. The Morgan fingerprint density at radius 2 is 1.71 bits per heavy atom. The van der Waals surface area contributed by atoms with Crippen molar-refractivity contribution in [2.45, 2.75) is 53.1 Å². The number of hydrogen-bond acceptors (Lipinski definition) is 7. The highest BCUT2D eigenvalue weighted by molar-refractivity contribution is 5.95. The second-order valence-corrected chi connectivity index (χ2v) is 11.0. The number of nitrogens with one attached hydrogen (secondary N) is 3. The molecule has 3 rings (SSSR count). The quantitative estimate of drug-likeness (QED) is 0.503. The van der Waals surface area contributed by atoms with Gasteiger partial charge >= 0.3 is 0 Å². The van der Waals surface area contributed by atoms with Crippen molar-refractivity contribution in [2.24, 2.45) is 11.8 Å². The van der Waals surface area contributed by atoms with E-state index < -0.39 is 6.04 Å². The largest absolute Gasteiger partial charge is 0.496 e. The maximum absolute atomic E-state index is 13.3. The fraction of sp³-hybridized carbons (Fsp3) is 0.516. The second kappa shape index (κ2) is 15.3. The topological polar surface area (TPSA) is 118 Å². The number of carbonyl (C=O) groups is 3. The van der Waals surface area contributed by atoms with Gasteiger partial charge in [-0.2, -0.15) is 0 Å². The molecule has 10 nitrogen and oxygen atoms in total. The number of fused-ring (bicyclic) bond motifs is 3. The van der Waals surface area contributed by atoms with E-state index in [9.17, 15) is 14.4 Å². The molecule has 2 aromatic rings. The summed E-state index contributed by atoms with van der Waals surface area (Å²) in [4.78, 5) is 41.4. The number of carbonyl (C=O) groups excluding carboxylic acids is 3. The first kappa shape index (κ1) is 31.7. The van der Waals surface area contributed by atoms with Crippen LogP contribution < -0.4 is 30.2 Å². The van der Waals surface area contributed by atoms with E-state index in [1.807, 2.05) is 13.8 Å². The monoisotopic (exact) mass is 568 g/mol. The zero-order chi connectivity index (χ0) is 29.9. The molecule has 1 heterocycles. The van der Waals surface area contributed by atoms with Gasteiger partial charge in [0.25, 0.3) is 5.91 Å². The van der Waals surface area contributed by atoms with Crippen LogP contribution in [-0.2, 0) is 16.1 Å². The fourth-order valence-electron chi connectivity index (χ4n) is 4.78. The normalized spacial score (nSPS) is 18.0. The van der Waals surface area contributed by atoms with Gasteiger partial charge in [-0.1, -0.05) is 33.8 Å². The number of benzene rings is 2. The summed E-state index contributed by atoms with van der Waals surface area (Å²) in [7, 11) is 3.07. The Balaban J connectivity index is 1.97. The van der Waals surface area contributed by atoms with Crippen molar-refractivity contribution >= 4 is 17.7 Å². The molecule has 1 aliphatic rings. The van der Waals surface area contributed by atoms with E-state index in [0.717, 1.165) is 19.4 Å². The van der Waals surface area contributed by atoms with Crippen molar-refractivity contribution in [3.63, 3.8) is 0 Å². The molecule has 0 unspecified atom stereocenters. The van der Waals surface area contributed by atoms with Crippen LogP contribution >= 0.6 is 0 Å². The van der Waals surface area contributed by atoms with Gasteiger partial charge in [-0.3, -0.25) is 19.3 Å². The molecule has 0 radical (unpaired) electrons. The standard InChI is InChI=1S/C31H44N4O6/c1-20(2)18-35-15-8-7-14-32-30(37)22-12-13-26(40-6)27(16-22)41-25-11-9-10-24(39-5)23(25)17-33-31(38)29(21(3)4)34-28(36)19-35/h9-13,16,20-21,29H,7-8,14-15,17-19H2,1-6H3,(H,32,37)(H,33,38)(H,34,36)/t29-/m1/s1. The first-order valence-electron chi connectivity index (χ1n) is 14.2. The maximum atomic E-state index is 13.3. The molecule has 0 saturated heterocycles. The van der Waals surface area contributed by atoms with Crippen molar-refractivity contribution in [2.75, 3.05) is 40.4 Å². The molecule has 10 heteroatoms. The van der Waals surface area contributed by atoms with E-state index >= 15 is 0 Å². The Morgan fingerprint density at radius 3 is 2.39 bits per heavy atom. The Bertz CT molecular complexity index is 1200. The average molecular weight is 569 g/mol. The molecule has 0 saturated carbocycles. The fourth-order valence-corrected chi connectivity index (χ4v) is 4.78. The lowest BCUT2D eigenvalue weighted by Crippen LogP contribution is -2.52. The molecule has 2 bridgehead atoms. The van der Waals surface area contributed by atoms with Crippen LogP contribution in [0.15, 0.2) is 36.4 Å². The van der Waals surface area contributed by atoms with E-state index in [-0.39, 0.29) is 36.7 Å². The van der Waals surface area contributed by atoms with Crippen LogP contribution in [0.3, 0.4) is 0 Å². The number of nitrogens with zero attached hydrogens (tertiary/aromatic N) is 1. The van der Waals surface area contributed by atoms with E-state index in [1.54, 1.807) is 43.5 Å². The molecule has 2 aromatic carbocycles. The highest BCUT2D eigenvalue weighted by Crippen LogP contribution is 2.37. The van der Waals surface area contributed by atoms with Crippen molar-refractivity contribution in [1.82, 2.24) is 20.9 Å². The van der Waals surface area contributed by atoms with E-state index in [2.05, 4.69) is 34.7 Å². The van der Waals surface area contributed by atoms with E-state index in [4.69, 9.17) is 14.2 Å². The molecule has 224 valence electrons. The maximum Gasteiger partial charge on any atom is 0.251 e. The predicted octanol–water partition coefficient (Wildman–Crippen LogP) is 3.73. The van der Waals surface area contributed by atoms with Crippen molar-refractivity contribution < 1.29 is 28.6 Å². The average Bonchev–Trinajstić information content (AvgIpc) is 2.93. The summed E-state index contributed by atoms with van der Waals surface area (Å²) in [5, 5.41) is 8.87. The lowest BCUT2D eigenvalue weighted by Gasteiger charge is -2.27. The molecule has 0 aromatic heterocycles. The van der Waals surface area contributed by atoms with Crippen LogP contribution in [0.5, 0.6) is 23.0 Å². The Labute approximate surface area is 243 Å². The summed E-state index contributed by atoms with van der Waals surface area (Å²) in [6, 6.07) is 9.63. The van der Waals surface area contributed by atoms with Gasteiger partial charge in [0, 0.05) is 18.7 Å². The molecular weight excluding hydrogens is 524 g/mol. The first-order valence-corrected chi connectivity index (χ1v) is 14.2. The molecule has 0 fully saturated rings. The molecule has 3 amide bonds. The Morgan fingerprint density at radius 1 is 0.951 bits per heavy atom. The molecule has 0 aliphatic carbocycles. The van der Waals surface area contributed by atoms with Crippen LogP contribution in [0, 0.1) is 11.8 Å². The van der Waals surface area contributed by atoms with Crippen LogP contribution in [0.1, 0.15) is 56.5 Å². The third kappa shape index (κ3) is 9.11. The lowest BCUT2D eigenvalue weighted by molar-refractivity contribution is -0.130. The number of hydrogen-bond donors (Lipinski definition) is 3. The van der Waals surface area contributed by atoms with Gasteiger partial charge in [-0.15, -0.1) is 0 Å². The van der Waals surface area contributed by atoms with Gasteiger partial charge in [-0.25, -0.2) is 0 Å². The molecule has 1 aliphatic heterocycles. The molecule has 0 spiro atoms. The second-order valence-electron chi connectivity index (χ2n) is 11.0. The minimum absolute atomic E-state index is 0.0965. The minimum atomic E-state index is -0.708. The SMILES string of the molecule is COc1ccc2cc1Oc1cccc(OC)c1CNC(=O)[C@@H](C(C)C)NC(=O)CN(CC(C)C)CCCCNC2=O. The zero-order valence-corrected chi connectivity index (χ0v) is 25.0. The Hall–Kier alpha value is -3.79.